The van der Waals surface area contributed by atoms with Crippen molar-refractivity contribution in [3.05, 3.63) is 66.2 Å². The lowest BCUT2D eigenvalue weighted by Crippen LogP contribution is -2.25. The van der Waals surface area contributed by atoms with E-state index in [-0.39, 0.29) is 11.7 Å². The maximum absolute atomic E-state index is 9.70. The fraction of sp³-hybridized carbons (Fsp3) is 0.100. The van der Waals surface area contributed by atoms with E-state index < -0.39 is 0 Å². The lowest BCUT2D eigenvalue weighted by molar-refractivity contribution is 0.316. The molecule has 0 saturated carbocycles. The first-order chi connectivity index (χ1) is 13.0. The second kappa shape index (κ2) is 6.21. The standard InChI is InChI=1S/C20H19N5O2/c1-12-11-22-13(2)24(12)19-18(14-7-9-15(26)10-8-14)16-5-3-4-6-17(16)25(19)20(21)23-27/h3-11,26-27H,1-2H3,(H2,21,23). The number of aromatic hydroxyl groups is 1. The van der Waals surface area contributed by atoms with Crippen LogP contribution in [-0.4, -0.2) is 30.4 Å². The van der Waals surface area contributed by atoms with E-state index >= 15 is 0 Å². The van der Waals surface area contributed by atoms with Gasteiger partial charge in [-0.3, -0.25) is 9.13 Å². The summed E-state index contributed by atoms with van der Waals surface area (Å²) in [7, 11) is 0. The fourth-order valence-electron chi connectivity index (χ4n) is 3.51. The van der Waals surface area contributed by atoms with Crippen molar-refractivity contribution >= 4 is 16.9 Å². The van der Waals surface area contributed by atoms with Crippen LogP contribution in [0.2, 0.25) is 0 Å². The van der Waals surface area contributed by atoms with Crippen molar-refractivity contribution in [1.82, 2.24) is 14.1 Å². The van der Waals surface area contributed by atoms with Crippen molar-refractivity contribution in [2.45, 2.75) is 13.8 Å². The van der Waals surface area contributed by atoms with Crippen molar-refractivity contribution in [3.8, 4) is 22.7 Å². The Hall–Kier alpha value is -3.74. The molecule has 0 spiro atoms. The SMILES string of the molecule is Cc1cnc(C)n1-c1c(-c2ccc(O)cc2)c2ccccc2n1/C(N)=N/O. The van der Waals surface area contributed by atoms with Gasteiger partial charge in [-0.1, -0.05) is 35.5 Å². The average molecular weight is 361 g/mol. The molecule has 4 rings (SSSR count). The van der Waals surface area contributed by atoms with E-state index in [0.29, 0.717) is 0 Å². The molecule has 4 N–H and O–H groups in total. The summed E-state index contributed by atoms with van der Waals surface area (Å²) in [5, 5.41) is 23.3. The summed E-state index contributed by atoms with van der Waals surface area (Å²) in [6.45, 7) is 3.86. The lowest BCUT2D eigenvalue weighted by atomic mass is 10.0. The molecule has 0 atom stereocenters. The molecule has 4 aromatic rings. The molecule has 0 saturated heterocycles. The number of nitrogens with zero attached hydrogens (tertiary/aromatic N) is 4. The van der Waals surface area contributed by atoms with Crippen LogP contribution in [-0.2, 0) is 0 Å². The van der Waals surface area contributed by atoms with Crippen molar-refractivity contribution in [3.63, 3.8) is 0 Å². The number of oxime groups is 1. The fourth-order valence-corrected chi connectivity index (χ4v) is 3.51. The van der Waals surface area contributed by atoms with Crippen LogP contribution in [0.25, 0.3) is 27.8 Å². The lowest BCUT2D eigenvalue weighted by Gasteiger charge is -2.15. The van der Waals surface area contributed by atoms with Crippen LogP contribution in [0.5, 0.6) is 5.75 Å². The number of phenols is 1. The van der Waals surface area contributed by atoms with Crippen LogP contribution in [0, 0.1) is 13.8 Å². The molecular weight excluding hydrogens is 342 g/mol. The molecule has 7 heteroatoms. The zero-order chi connectivity index (χ0) is 19.1. The first-order valence-corrected chi connectivity index (χ1v) is 8.45. The minimum absolute atomic E-state index is 0.0428. The number of rotatable bonds is 2. The van der Waals surface area contributed by atoms with E-state index in [2.05, 4.69) is 10.1 Å². The van der Waals surface area contributed by atoms with E-state index in [9.17, 15) is 10.3 Å². The predicted octanol–water partition coefficient (Wildman–Crippen LogP) is 3.37. The number of phenolic OH excluding ortho intramolecular Hbond substituents is 1. The van der Waals surface area contributed by atoms with Crippen LogP contribution < -0.4 is 5.73 Å². The number of hydrogen-bond acceptors (Lipinski definition) is 4. The van der Waals surface area contributed by atoms with Gasteiger partial charge >= 0.3 is 0 Å². The third-order valence-electron chi connectivity index (χ3n) is 4.66. The minimum Gasteiger partial charge on any atom is -0.508 e. The minimum atomic E-state index is -0.0428. The second-order valence-corrected chi connectivity index (χ2v) is 6.34. The van der Waals surface area contributed by atoms with Crippen LogP contribution in [0.15, 0.2) is 59.9 Å². The predicted molar refractivity (Wildman–Crippen MR) is 104 cm³/mol. The number of aryl methyl sites for hydroxylation is 2. The van der Waals surface area contributed by atoms with E-state index in [1.165, 1.54) is 0 Å². The largest absolute Gasteiger partial charge is 0.508 e. The smallest absolute Gasteiger partial charge is 0.243 e. The summed E-state index contributed by atoms with van der Waals surface area (Å²) in [4.78, 5) is 4.40. The average Bonchev–Trinajstić information content (AvgIpc) is 3.18. The van der Waals surface area contributed by atoms with Gasteiger partial charge in [-0.25, -0.2) is 4.98 Å². The topological polar surface area (TPSA) is 102 Å². The maximum atomic E-state index is 9.70. The van der Waals surface area contributed by atoms with Gasteiger partial charge in [-0.05, 0) is 37.6 Å². The van der Waals surface area contributed by atoms with Gasteiger partial charge in [0.05, 0.1) is 5.52 Å². The van der Waals surface area contributed by atoms with Gasteiger partial charge in [0.2, 0.25) is 5.96 Å². The van der Waals surface area contributed by atoms with Crippen LogP contribution in [0.4, 0.5) is 0 Å². The van der Waals surface area contributed by atoms with E-state index in [0.717, 1.165) is 39.4 Å². The highest BCUT2D eigenvalue weighted by atomic mass is 16.4. The van der Waals surface area contributed by atoms with Crippen molar-refractivity contribution in [2.24, 2.45) is 10.9 Å². The Morgan fingerprint density at radius 1 is 1.07 bits per heavy atom. The van der Waals surface area contributed by atoms with Crippen molar-refractivity contribution in [1.29, 1.82) is 0 Å². The summed E-state index contributed by atoms with van der Waals surface area (Å²) in [6, 6.07) is 14.7. The molecule has 0 amide bonds. The first kappa shape index (κ1) is 16.7. The molecule has 0 unspecified atom stereocenters. The zero-order valence-corrected chi connectivity index (χ0v) is 15.0. The third-order valence-corrected chi connectivity index (χ3v) is 4.66. The number of nitrogens with two attached hydrogens (primary N) is 1. The summed E-state index contributed by atoms with van der Waals surface area (Å²) >= 11 is 0. The number of para-hydroxylation sites is 1. The molecule has 2 aromatic carbocycles. The third kappa shape index (κ3) is 2.52. The molecule has 0 aliphatic heterocycles. The molecule has 0 bridgehead atoms. The number of benzene rings is 2. The molecule has 0 fully saturated rings. The highest BCUT2D eigenvalue weighted by Gasteiger charge is 2.24. The highest BCUT2D eigenvalue weighted by molar-refractivity contribution is 6.07. The van der Waals surface area contributed by atoms with Gasteiger partial charge < -0.3 is 16.0 Å². The van der Waals surface area contributed by atoms with E-state index in [4.69, 9.17) is 5.73 Å². The Labute approximate surface area is 155 Å². The number of hydrogen-bond donors (Lipinski definition) is 3. The van der Waals surface area contributed by atoms with Crippen molar-refractivity contribution in [2.75, 3.05) is 0 Å². The highest BCUT2D eigenvalue weighted by Crippen LogP contribution is 2.38. The van der Waals surface area contributed by atoms with Crippen molar-refractivity contribution < 1.29 is 10.3 Å². The molecule has 136 valence electrons. The zero-order valence-electron chi connectivity index (χ0n) is 15.0. The molecule has 0 aliphatic carbocycles. The van der Waals surface area contributed by atoms with Gasteiger partial charge in [0.25, 0.3) is 0 Å². The maximum Gasteiger partial charge on any atom is 0.243 e. The Morgan fingerprint density at radius 2 is 1.78 bits per heavy atom. The van der Waals surface area contributed by atoms with E-state index in [1.54, 1.807) is 22.9 Å². The van der Waals surface area contributed by atoms with Gasteiger partial charge in [0.1, 0.15) is 17.4 Å². The Kier molecular flexibility index (Phi) is 3.84. The summed E-state index contributed by atoms with van der Waals surface area (Å²) in [6.07, 6.45) is 1.78. The normalized spacial score (nSPS) is 12.0. The van der Waals surface area contributed by atoms with E-state index in [1.807, 2.05) is 54.8 Å². The Balaban J connectivity index is 2.22. The second-order valence-electron chi connectivity index (χ2n) is 6.34. The summed E-state index contributed by atoms with van der Waals surface area (Å²) < 4.78 is 3.68. The molecule has 2 aromatic heterocycles. The van der Waals surface area contributed by atoms with Crippen LogP contribution in [0.1, 0.15) is 11.5 Å². The van der Waals surface area contributed by atoms with Crippen LogP contribution >= 0.6 is 0 Å². The first-order valence-electron chi connectivity index (χ1n) is 8.45. The number of fused-ring (bicyclic) bond motifs is 1. The summed E-state index contributed by atoms with van der Waals surface area (Å²) in [5.41, 5.74) is 9.60. The van der Waals surface area contributed by atoms with Gasteiger partial charge in [-0.15, -0.1) is 0 Å². The number of imidazole rings is 1. The van der Waals surface area contributed by atoms with Gasteiger partial charge in [0, 0.05) is 22.8 Å². The quantitative estimate of drug-likeness (QED) is 0.220. The number of aromatic nitrogens is 3. The molecule has 0 radical (unpaired) electrons. The monoisotopic (exact) mass is 361 g/mol. The summed E-state index contributed by atoms with van der Waals surface area (Å²) in [5.74, 6) is 1.65. The molecule has 7 nitrogen and oxygen atoms in total. The molecule has 27 heavy (non-hydrogen) atoms. The molecule has 0 aliphatic rings. The Bertz CT molecular complexity index is 1150. The van der Waals surface area contributed by atoms with Gasteiger partial charge in [0.15, 0.2) is 0 Å². The Morgan fingerprint density at radius 3 is 2.41 bits per heavy atom. The van der Waals surface area contributed by atoms with Gasteiger partial charge in [-0.2, -0.15) is 0 Å². The molecule has 2 heterocycles. The molecular formula is C20H19N5O2. The van der Waals surface area contributed by atoms with Crippen LogP contribution in [0.3, 0.4) is 0 Å².